The number of hydrogen-bond donors (Lipinski definition) is 1. The number of carboxylic acid groups (broad SMARTS) is 1. The number of carboxylic acids is 1. The highest BCUT2D eigenvalue weighted by Crippen LogP contribution is 2.38. The number of carbonyl (C=O) groups is 1. The summed E-state index contributed by atoms with van der Waals surface area (Å²) in [4.78, 5) is 11.0. The standard InChI is InChI=1S/C13H15NO6S/c15-13(16)9-4-5-14(8-9)21(17,18)11-3-1-2-10-12(11)20-7-6-19-10/h1-3,9H,4-8H2,(H,15,16). The Balaban J connectivity index is 1.95. The van der Waals surface area contributed by atoms with Crippen LogP contribution in [0.25, 0.3) is 0 Å². The van der Waals surface area contributed by atoms with Crippen molar-refractivity contribution in [2.24, 2.45) is 5.92 Å². The smallest absolute Gasteiger partial charge is 0.307 e. The first-order valence-electron chi connectivity index (χ1n) is 6.62. The van der Waals surface area contributed by atoms with Crippen molar-refractivity contribution in [3.8, 4) is 11.5 Å². The number of fused-ring (bicyclic) bond motifs is 1. The van der Waals surface area contributed by atoms with E-state index < -0.39 is 21.9 Å². The van der Waals surface area contributed by atoms with Crippen LogP contribution in [0, 0.1) is 5.92 Å². The van der Waals surface area contributed by atoms with Gasteiger partial charge in [0.1, 0.15) is 18.1 Å². The average Bonchev–Trinajstić information content (AvgIpc) is 2.97. The molecule has 0 bridgehead atoms. The SMILES string of the molecule is O=C(O)C1CCN(S(=O)(=O)c2cccc3c2OCCO3)C1. The van der Waals surface area contributed by atoms with Gasteiger partial charge in [-0.15, -0.1) is 0 Å². The number of rotatable bonds is 3. The Morgan fingerprint density at radius 2 is 2.05 bits per heavy atom. The van der Waals surface area contributed by atoms with Gasteiger partial charge in [-0.2, -0.15) is 4.31 Å². The van der Waals surface area contributed by atoms with E-state index in [9.17, 15) is 13.2 Å². The maximum Gasteiger partial charge on any atom is 0.307 e. The summed E-state index contributed by atoms with van der Waals surface area (Å²) in [6.07, 6.45) is 0.320. The minimum atomic E-state index is -3.78. The van der Waals surface area contributed by atoms with Gasteiger partial charge >= 0.3 is 5.97 Å². The zero-order valence-electron chi connectivity index (χ0n) is 11.2. The van der Waals surface area contributed by atoms with Crippen LogP contribution in [0.4, 0.5) is 0 Å². The van der Waals surface area contributed by atoms with Gasteiger partial charge in [0.15, 0.2) is 11.5 Å². The number of hydrogen-bond acceptors (Lipinski definition) is 5. The molecule has 3 rings (SSSR count). The zero-order valence-corrected chi connectivity index (χ0v) is 12.0. The number of ether oxygens (including phenoxy) is 2. The Hall–Kier alpha value is -1.80. The minimum Gasteiger partial charge on any atom is -0.486 e. The van der Waals surface area contributed by atoms with E-state index in [0.717, 1.165) is 0 Å². The number of sulfonamides is 1. The van der Waals surface area contributed by atoms with Crippen LogP contribution < -0.4 is 9.47 Å². The van der Waals surface area contributed by atoms with Crippen LogP contribution >= 0.6 is 0 Å². The van der Waals surface area contributed by atoms with Crippen LogP contribution in [0.15, 0.2) is 23.1 Å². The van der Waals surface area contributed by atoms with E-state index in [-0.39, 0.29) is 30.3 Å². The fourth-order valence-corrected chi connectivity index (χ4v) is 4.18. The molecule has 1 saturated heterocycles. The van der Waals surface area contributed by atoms with Crippen LogP contribution in [0.2, 0.25) is 0 Å². The third-order valence-corrected chi connectivity index (χ3v) is 5.54. The van der Waals surface area contributed by atoms with E-state index in [1.54, 1.807) is 12.1 Å². The second-order valence-electron chi connectivity index (χ2n) is 4.97. The third-order valence-electron chi connectivity index (χ3n) is 3.65. The van der Waals surface area contributed by atoms with E-state index in [0.29, 0.717) is 18.8 Å². The molecule has 0 spiro atoms. The topological polar surface area (TPSA) is 93.1 Å². The fourth-order valence-electron chi connectivity index (χ4n) is 2.54. The van der Waals surface area contributed by atoms with Crippen molar-refractivity contribution in [3.63, 3.8) is 0 Å². The van der Waals surface area contributed by atoms with Gasteiger partial charge in [0.25, 0.3) is 0 Å². The van der Waals surface area contributed by atoms with Gasteiger partial charge in [0.05, 0.1) is 5.92 Å². The van der Waals surface area contributed by atoms with Gasteiger partial charge in [-0.3, -0.25) is 4.79 Å². The highest BCUT2D eigenvalue weighted by molar-refractivity contribution is 7.89. The number of para-hydroxylation sites is 1. The van der Waals surface area contributed by atoms with E-state index in [2.05, 4.69) is 0 Å². The molecule has 7 nitrogen and oxygen atoms in total. The van der Waals surface area contributed by atoms with Crippen LogP contribution in [-0.4, -0.2) is 50.1 Å². The van der Waals surface area contributed by atoms with E-state index in [4.69, 9.17) is 14.6 Å². The molecule has 1 aromatic carbocycles. The molecule has 2 aliphatic heterocycles. The summed E-state index contributed by atoms with van der Waals surface area (Å²) >= 11 is 0. The molecular weight excluding hydrogens is 298 g/mol. The zero-order chi connectivity index (χ0) is 15.0. The predicted molar refractivity (Wildman–Crippen MR) is 71.9 cm³/mol. The molecule has 0 aromatic heterocycles. The Labute approximate surface area is 122 Å². The van der Waals surface area contributed by atoms with Crippen molar-refractivity contribution in [1.29, 1.82) is 0 Å². The first-order chi connectivity index (χ1) is 10.00. The lowest BCUT2D eigenvalue weighted by Gasteiger charge is -2.23. The van der Waals surface area contributed by atoms with Gasteiger partial charge in [-0.1, -0.05) is 6.07 Å². The molecule has 2 heterocycles. The quantitative estimate of drug-likeness (QED) is 0.876. The summed E-state index contributed by atoms with van der Waals surface area (Å²) in [5, 5.41) is 8.99. The molecule has 21 heavy (non-hydrogen) atoms. The lowest BCUT2D eigenvalue weighted by Crippen LogP contribution is -2.31. The Bertz CT molecular complexity index is 671. The van der Waals surface area contributed by atoms with Crippen LogP contribution in [0.3, 0.4) is 0 Å². The Kier molecular flexibility index (Phi) is 3.50. The number of aliphatic carboxylic acids is 1. The van der Waals surface area contributed by atoms with Crippen LogP contribution in [0.5, 0.6) is 11.5 Å². The van der Waals surface area contributed by atoms with Crippen LogP contribution in [0.1, 0.15) is 6.42 Å². The number of nitrogens with zero attached hydrogens (tertiary/aromatic N) is 1. The van der Waals surface area contributed by atoms with Crippen molar-refractivity contribution in [1.82, 2.24) is 4.31 Å². The fraction of sp³-hybridized carbons (Fsp3) is 0.462. The molecule has 1 atom stereocenters. The summed E-state index contributed by atoms with van der Waals surface area (Å²) in [6, 6.07) is 4.69. The van der Waals surface area contributed by atoms with E-state index >= 15 is 0 Å². The normalized spacial score (nSPS) is 22.2. The molecule has 1 unspecified atom stereocenters. The van der Waals surface area contributed by atoms with Crippen molar-refractivity contribution >= 4 is 16.0 Å². The highest BCUT2D eigenvalue weighted by Gasteiger charge is 2.38. The average molecular weight is 313 g/mol. The molecule has 8 heteroatoms. The maximum atomic E-state index is 12.7. The van der Waals surface area contributed by atoms with Gasteiger partial charge in [0.2, 0.25) is 10.0 Å². The number of benzene rings is 1. The maximum absolute atomic E-state index is 12.7. The molecular formula is C13H15NO6S. The molecule has 114 valence electrons. The predicted octanol–water partition coefficient (Wildman–Crippen LogP) is 0.553. The van der Waals surface area contributed by atoms with Gasteiger partial charge < -0.3 is 14.6 Å². The Morgan fingerprint density at radius 3 is 2.76 bits per heavy atom. The highest BCUT2D eigenvalue weighted by atomic mass is 32.2. The molecule has 1 aromatic rings. The van der Waals surface area contributed by atoms with Crippen molar-refractivity contribution in [2.75, 3.05) is 26.3 Å². The van der Waals surface area contributed by atoms with Gasteiger partial charge in [0, 0.05) is 13.1 Å². The third kappa shape index (κ3) is 2.44. The Morgan fingerprint density at radius 1 is 1.29 bits per heavy atom. The van der Waals surface area contributed by atoms with E-state index in [1.165, 1.54) is 10.4 Å². The summed E-state index contributed by atoms with van der Waals surface area (Å²) in [6.45, 7) is 0.852. The minimum absolute atomic E-state index is 0.0117. The lowest BCUT2D eigenvalue weighted by molar-refractivity contribution is -0.141. The second kappa shape index (κ2) is 5.19. The summed E-state index contributed by atoms with van der Waals surface area (Å²) < 4.78 is 37.3. The lowest BCUT2D eigenvalue weighted by atomic mass is 10.1. The first-order valence-corrected chi connectivity index (χ1v) is 8.06. The molecule has 0 saturated carbocycles. The van der Waals surface area contributed by atoms with Gasteiger partial charge in [-0.25, -0.2) is 8.42 Å². The summed E-state index contributed by atoms with van der Waals surface area (Å²) in [5.41, 5.74) is 0. The van der Waals surface area contributed by atoms with Crippen molar-refractivity contribution < 1.29 is 27.8 Å². The monoisotopic (exact) mass is 313 g/mol. The molecule has 2 aliphatic rings. The second-order valence-corrected chi connectivity index (χ2v) is 6.87. The summed E-state index contributed by atoms with van der Waals surface area (Å²) in [7, 11) is -3.78. The molecule has 1 fully saturated rings. The largest absolute Gasteiger partial charge is 0.486 e. The van der Waals surface area contributed by atoms with Crippen molar-refractivity contribution in [2.45, 2.75) is 11.3 Å². The van der Waals surface area contributed by atoms with Gasteiger partial charge in [-0.05, 0) is 18.6 Å². The first kappa shape index (κ1) is 14.2. The summed E-state index contributed by atoms with van der Waals surface area (Å²) in [5.74, 6) is -1.02. The molecule has 1 N–H and O–H groups in total. The molecule has 0 aliphatic carbocycles. The van der Waals surface area contributed by atoms with E-state index in [1.807, 2.05) is 0 Å². The van der Waals surface area contributed by atoms with Crippen molar-refractivity contribution in [3.05, 3.63) is 18.2 Å². The molecule has 0 amide bonds. The van der Waals surface area contributed by atoms with Crippen LogP contribution in [-0.2, 0) is 14.8 Å². The molecule has 0 radical (unpaired) electrons.